The fourth-order valence-corrected chi connectivity index (χ4v) is 1.08. The maximum Gasteiger partial charge on any atom is 0.181 e. The molecule has 1 aliphatic carbocycles. The third kappa shape index (κ3) is 0.871. The topological polar surface area (TPSA) is 27.7 Å². The van der Waals surface area contributed by atoms with E-state index in [2.05, 4.69) is 4.89 Å². The maximum atomic E-state index is 5.17. The van der Waals surface area contributed by atoms with Gasteiger partial charge in [0.25, 0.3) is 0 Å². The minimum Gasteiger partial charge on any atom is -0.342 e. The number of rotatable bonds is 0. The zero-order valence-electron chi connectivity index (χ0n) is 4.95. The molecule has 0 unspecified atom stereocenters. The van der Waals surface area contributed by atoms with Gasteiger partial charge in [0.15, 0.2) is 6.79 Å². The van der Waals surface area contributed by atoms with E-state index in [1.807, 2.05) is 12.2 Å². The van der Waals surface area contributed by atoms with Crippen LogP contribution in [0.4, 0.5) is 0 Å². The van der Waals surface area contributed by atoms with Crippen LogP contribution in [0.15, 0.2) is 12.2 Å². The summed E-state index contributed by atoms with van der Waals surface area (Å²) < 4.78 is 5.17. The van der Waals surface area contributed by atoms with Crippen molar-refractivity contribution in [3.05, 3.63) is 12.2 Å². The van der Waals surface area contributed by atoms with Gasteiger partial charge >= 0.3 is 0 Å². The zero-order chi connectivity index (χ0) is 6.10. The molecule has 1 heterocycles. The second-order valence-electron chi connectivity index (χ2n) is 2.17. The molecule has 0 aromatic rings. The molecule has 2 atom stereocenters. The first kappa shape index (κ1) is 5.41. The van der Waals surface area contributed by atoms with Crippen molar-refractivity contribution >= 4 is 0 Å². The summed E-state index contributed by atoms with van der Waals surface area (Å²) in [6, 6.07) is 0. The van der Waals surface area contributed by atoms with Crippen molar-refractivity contribution in [2.45, 2.75) is 18.6 Å². The zero-order valence-corrected chi connectivity index (χ0v) is 4.95. The SMILES string of the molecule is C1=C[C@@H]2OCOO[C@@H]2C1. The Labute approximate surface area is 53.1 Å². The molecule has 2 rings (SSSR count). The summed E-state index contributed by atoms with van der Waals surface area (Å²) in [6.07, 6.45) is 5.21. The summed E-state index contributed by atoms with van der Waals surface area (Å²) in [6.45, 7) is 0.255. The van der Waals surface area contributed by atoms with E-state index >= 15 is 0 Å². The van der Waals surface area contributed by atoms with Gasteiger partial charge in [-0.3, -0.25) is 0 Å². The lowest BCUT2D eigenvalue weighted by atomic mass is 10.2. The number of fused-ring (bicyclic) bond motifs is 1. The molecule has 0 bridgehead atoms. The van der Waals surface area contributed by atoms with Crippen molar-refractivity contribution in [3.8, 4) is 0 Å². The molecule has 3 heteroatoms. The quantitative estimate of drug-likeness (QED) is 0.353. The highest BCUT2D eigenvalue weighted by molar-refractivity contribution is 5.03. The lowest BCUT2D eigenvalue weighted by Gasteiger charge is -2.23. The van der Waals surface area contributed by atoms with Gasteiger partial charge in [0, 0.05) is 0 Å². The van der Waals surface area contributed by atoms with Crippen LogP contribution < -0.4 is 0 Å². The van der Waals surface area contributed by atoms with Crippen LogP contribution in [0.1, 0.15) is 6.42 Å². The maximum absolute atomic E-state index is 5.17. The Bertz CT molecular complexity index is 132. The van der Waals surface area contributed by atoms with Crippen LogP contribution in [-0.2, 0) is 14.5 Å². The predicted octanol–water partition coefficient (Wildman–Crippen LogP) is 0.619. The Morgan fingerprint density at radius 3 is 3.33 bits per heavy atom. The normalized spacial score (nSPS) is 40.9. The highest BCUT2D eigenvalue weighted by atomic mass is 17.2. The van der Waals surface area contributed by atoms with E-state index in [0.29, 0.717) is 0 Å². The molecule has 0 amide bonds. The highest BCUT2D eigenvalue weighted by Crippen LogP contribution is 2.21. The Kier molecular flexibility index (Phi) is 1.26. The van der Waals surface area contributed by atoms with Gasteiger partial charge in [-0.2, -0.15) is 0 Å². The van der Waals surface area contributed by atoms with Crippen molar-refractivity contribution < 1.29 is 14.5 Å². The average Bonchev–Trinajstić information content (AvgIpc) is 2.33. The summed E-state index contributed by atoms with van der Waals surface area (Å²) >= 11 is 0. The second kappa shape index (κ2) is 2.10. The van der Waals surface area contributed by atoms with E-state index in [1.165, 1.54) is 0 Å². The molecule has 0 radical (unpaired) electrons. The Balaban J connectivity index is 2.03. The first-order valence-corrected chi connectivity index (χ1v) is 3.03. The lowest BCUT2D eigenvalue weighted by molar-refractivity contribution is -0.411. The molecule has 0 spiro atoms. The van der Waals surface area contributed by atoms with Crippen molar-refractivity contribution in [1.29, 1.82) is 0 Å². The minimum atomic E-state index is 0.110. The largest absolute Gasteiger partial charge is 0.342 e. The van der Waals surface area contributed by atoms with E-state index in [0.717, 1.165) is 6.42 Å². The van der Waals surface area contributed by atoms with Crippen molar-refractivity contribution in [2.24, 2.45) is 0 Å². The summed E-state index contributed by atoms with van der Waals surface area (Å²) in [5.74, 6) is 0. The average molecular weight is 128 g/mol. The van der Waals surface area contributed by atoms with Gasteiger partial charge in [-0.05, 0) is 6.42 Å². The molecule has 50 valence electrons. The number of hydrogen-bond acceptors (Lipinski definition) is 3. The summed E-state index contributed by atoms with van der Waals surface area (Å²) in [4.78, 5) is 9.54. The fraction of sp³-hybridized carbons (Fsp3) is 0.667. The van der Waals surface area contributed by atoms with E-state index in [4.69, 9.17) is 9.62 Å². The minimum absolute atomic E-state index is 0.110. The standard InChI is InChI=1S/C6H8O3/c1-2-5-6(3-1)9-8-4-7-5/h1-2,5-6H,3-4H2/t5-,6+/m0/s1. The van der Waals surface area contributed by atoms with Crippen molar-refractivity contribution in [2.75, 3.05) is 6.79 Å². The monoisotopic (exact) mass is 128 g/mol. The molecular weight excluding hydrogens is 120 g/mol. The number of ether oxygens (including phenoxy) is 1. The molecule has 0 saturated carbocycles. The van der Waals surface area contributed by atoms with E-state index in [1.54, 1.807) is 0 Å². The molecule has 2 aliphatic rings. The summed E-state index contributed by atoms with van der Waals surface area (Å²) in [7, 11) is 0. The molecule has 0 N–H and O–H groups in total. The van der Waals surface area contributed by atoms with E-state index in [9.17, 15) is 0 Å². The van der Waals surface area contributed by atoms with Crippen LogP contribution >= 0.6 is 0 Å². The van der Waals surface area contributed by atoms with Crippen LogP contribution in [-0.4, -0.2) is 19.0 Å². The third-order valence-corrected chi connectivity index (χ3v) is 1.56. The van der Waals surface area contributed by atoms with Gasteiger partial charge in [-0.1, -0.05) is 12.2 Å². The van der Waals surface area contributed by atoms with Gasteiger partial charge in [0.05, 0.1) is 0 Å². The van der Waals surface area contributed by atoms with Gasteiger partial charge in [0.1, 0.15) is 12.2 Å². The van der Waals surface area contributed by atoms with Crippen LogP contribution in [0.5, 0.6) is 0 Å². The third-order valence-electron chi connectivity index (χ3n) is 1.56. The number of hydrogen-bond donors (Lipinski definition) is 0. The first-order chi connectivity index (χ1) is 4.47. The van der Waals surface area contributed by atoms with Crippen molar-refractivity contribution in [3.63, 3.8) is 0 Å². The first-order valence-electron chi connectivity index (χ1n) is 3.03. The fourth-order valence-electron chi connectivity index (χ4n) is 1.08. The van der Waals surface area contributed by atoms with Crippen LogP contribution in [0, 0.1) is 0 Å². The van der Waals surface area contributed by atoms with Crippen molar-refractivity contribution in [1.82, 2.24) is 0 Å². The second-order valence-corrected chi connectivity index (χ2v) is 2.17. The highest BCUT2D eigenvalue weighted by Gasteiger charge is 2.28. The lowest BCUT2D eigenvalue weighted by Crippen LogP contribution is -2.32. The Morgan fingerprint density at radius 2 is 2.44 bits per heavy atom. The molecule has 1 aliphatic heterocycles. The van der Waals surface area contributed by atoms with Crippen LogP contribution in [0.3, 0.4) is 0 Å². The van der Waals surface area contributed by atoms with Crippen LogP contribution in [0.25, 0.3) is 0 Å². The van der Waals surface area contributed by atoms with Gasteiger partial charge < -0.3 is 4.74 Å². The molecular formula is C6H8O3. The molecule has 3 nitrogen and oxygen atoms in total. The van der Waals surface area contributed by atoms with Crippen LogP contribution in [0.2, 0.25) is 0 Å². The molecule has 0 aromatic carbocycles. The molecule has 9 heavy (non-hydrogen) atoms. The van der Waals surface area contributed by atoms with E-state index < -0.39 is 0 Å². The molecule has 1 saturated heterocycles. The van der Waals surface area contributed by atoms with Gasteiger partial charge in [0.2, 0.25) is 0 Å². The van der Waals surface area contributed by atoms with Gasteiger partial charge in [-0.25, -0.2) is 9.78 Å². The Hall–Kier alpha value is -0.380. The predicted molar refractivity (Wildman–Crippen MR) is 29.5 cm³/mol. The molecule has 0 aromatic heterocycles. The van der Waals surface area contributed by atoms with E-state index in [-0.39, 0.29) is 19.0 Å². The summed E-state index contributed by atoms with van der Waals surface area (Å²) in [5.41, 5.74) is 0. The smallest absolute Gasteiger partial charge is 0.181 e. The summed E-state index contributed by atoms with van der Waals surface area (Å²) in [5, 5.41) is 0. The van der Waals surface area contributed by atoms with Gasteiger partial charge in [-0.15, -0.1) is 0 Å². The molecule has 1 fully saturated rings. The Morgan fingerprint density at radius 1 is 1.44 bits per heavy atom.